The van der Waals surface area contributed by atoms with Gasteiger partial charge in [0.2, 0.25) is 0 Å². The molecule has 0 unspecified atom stereocenters. The standard InChI is InChI=1S/C13H20N6/c1-2-9-17-13(15)19-12-7-10-16-11(18-12)6-4-3-5-8-14/h7,10H,2-6,9H2,1H3,(H3,15,16,17,18,19). The third kappa shape index (κ3) is 6.36. The number of anilines is 1. The summed E-state index contributed by atoms with van der Waals surface area (Å²) in [6.07, 6.45) is 5.78. The smallest absolute Gasteiger partial charge is 0.194 e. The van der Waals surface area contributed by atoms with Crippen molar-refractivity contribution in [3.8, 4) is 6.07 Å². The number of guanidine groups is 1. The van der Waals surface area contributed by atoms with Crippen molar-refractivity contribution >= 4 is 11.8 Å². The molecule has 0 saturated carbocycles. The van der Waals surface area contributed by atoms with Crippen LogP contribution >= 0.6 is 0 Å². The molecule has 19 heavy (non-hydrogen) atoms. The number of nitrogens with one attached hydrogen (secondary N) is 1. The second-order valence-corrected chi connectivity index (χ2v) is 4.12. The lowest BCUT2D eigenvalue weighted by Crippen LogP contribution is -2.23. The van der Waals surface area contributed by atoms with Gasteiger partial charge >= 0.3 is 0 Å². The number of nitriles is 1. The first-order valence-corrected chi connectivity index (χ1v) is 6.52. The molecule has 0 aliphatic rings. The lowest BCUT2D eigenvalue weighted by atomic mass is 10.2. The fraction of sp³-hybridized carbons (Fsp3) is 0.538. The molecule has 0 saturated heterocycles. The molecule has 0 aromatic carbocycles. The molecular formula is C13H20N6. The normalized spacial score (nSPS) is 11.1. The molecule has 102 valence electrons. The Labute approximate surface area is 113 Å². The zero-order valence-corrected chi connectivity index (χ0v) is 11.3. The molecular weight excluding hydrogens is 240 g/mol. The monoisotopic (exact) mass is 260 g/mol. The fourth-order valence-electron chi connectivity index (χ4n) is 1.48. The molecule has 0 aliphatic heterocycles. The van der Waals surface area contributed by atoms with E-state index in [1.54, 1.807) is 12.3 Å². The van der Waals surface area contributed by atoms with E-state index < -0.39 is 0 Å². The van der Waals surface area contributed by atoms with Gasteiger partial charge in [0.25, 0.3) is 0 Å². The summed E-state index contributed by atoms with van der Waals surface area (Å²) in [7, 11) is 0. The Kier molecular flexibility index (Phi) is 6.95. The zero-order valence-electron chi connectivity index (χ0n) is 11.3. The van der Waals surface area contributed by atoms with E-state index in [9.17, 15) is 0 Å². The minimum Gasteiger partial charge on any atom is -0.370 e. The summed E-state index contributed by atoms with van der Waals surface area (Å²) in [5.41, 5.74) is 5.72. The topological polar surface area (TPSA) is 100.0 Å². The Bertz CT molecular complexity index is 449. The first kappa shape index (κ1) is 14.9. The van der Waals surface area contributed by atoms with Crippen LogP contribution in [0.4, 0.5) is 5.82 Å². The molecule has 1 rings (SSSR count). The van der Waals surface area contributed by atoms with Crippen LogP contribution in [0.25, 0.3) is 0 Å². The van der Waals surface area contributed by atoms with Crippen molar-refractivity contribution in [3.63, 3.8) is 0 Å². The molecule has 0 amide bonds. The van der Waals surface area contributed by atoms with Gasteiger partial charge in [-0.1, -0.05) is 6.92 Å². The van der Waals surface area contributed by atoms with Crippen molar-refractivity contribution in [2.45, 2.75) is 39.0 Å². The van der Waals surface area contributed by atoms with Gasteiger partial charge in [0.15, 0.2) is 5.96 Å². The average molecular weight is 260 g/mol. The van der Waals surface area contributed by atoms with Crippen molar-refractivity contribution in [2.24, 2.45) is 10.7 Å². The lowest BCUT2D eigenvalue weighted by molar-refractivity contribution is 0.722. The van der Waals surface area contributed by atoms with Crippen LogP contribution in [0.1, 0.15) is 38.4 Å². The second kappa shape index (κ2) is 8.86. The number of hydrogen-bond acceptors (Lipinski definition) is 4. The van der Waals surface area contributed by atoms with Gasteiger partial charge < -0.3 is 11.1 Å². The molecule has 6 nitrogen and oxygen atoms in total. The number of rotatable bonds is 7. The summed E-state index contributed by atoms with van der Waals surface area (Å²) in [6.45, 7) is 2.74. The first-order valence-electron chi connectivity index (χ1n) is 6.52. The highest BCUT2D eigenvalue weighted by Gasteiger charge is 2.00. The molecule has 1 aromatic heterocycles. The number of nitrogens with two attached hydrogens (primary N) is 1. The lowest BCUT2D eigenvalue weighted by Gasteiger charge is -2.06. The van der Waals surface area contributed by atoms with Gasteiger partial charge in [-0.25, -0.2) is 9.97 Å². The molecule has 3 N–H and O–H groups in total. The number of aromatic nitrogens is 2. The molecule has 1 heterocycles. The predicted molar refractivity (Wildman–Crippen MR) is 75.6 cm³/mol. The Morgan fingerprint density at radius 3 is 3.11 bits per heavy atom. The highest BCUT2D eigenvalue weighted by Crippen LogP contribution is 2.05. The van der Waals surface area contributed by atoms with E-state index in [4.69, 9.17) is 11.0 Å². The first-order chi connectivity index (χ1) is 9.26. The summed E-state index contributed by atoms with van der Waals surface area (Å²) < 4.78 is 0. The highest BCUT2D eigenvalue weighted by molar-refractivity contribution is 5.91. The minimum absolute atomic E-state index is 0.371. The quantitative estimate of drug-likeness (QED) is 0.442. The van der Waals surface area contributed by atoms with Gasteiger partial charge in [0.1, 0.15) is 11.6 Å². The Hall–Kier alpha value is -2.16. The number of aryl methyl sites for hydroxylation is 1. The Morgan fingerprint density at radius 2 is 2.37 bits per heavy atom. The van der Waals surface area contributed by atoms with Gasteiger partial charge in [-0.3, -0.25) is 4.99 Å². The van der Waals surface area contributed by atoms with E-state index in [2.05, 4.69) is 26.3 Å². The fourth-order valence-corrected chi connectivity index (χ4v) is 1.48. The van der Waals surface area contributed by atoms with Crippen LogP contribution in [-0.2, 0) is 6.42 Å². The highest BCUT2D eigenvalue weighted by atomic mass is 15.1. The Morgan fingerprint density at radius 1 is 1.53 bits per heavy atom. The summed E-state index contributed by atoms with van der Waals surface area (Å²) in [4.78, 5) is 12.7. The summed E-state index contributed by atoms with van der Waals surface area (Å²) in [6, 6.07) is 3.88. The van der Waals surface area contributed by atoms with Gasteiger partial charge in [0.05, 0.1) is 6.07 Å². The van der Waals surface area contributed by atoms with E-state index in [0.717, 1.165) is 31.5 Å². The molecule has 0 bridgehead atoms. The van der Waals surface area contributed by atoms with Crippen molar-refractivity contribution in [2.75, 3.05) is 11.9 Å². The summed E-state index contributed by atoms with van der Waals surface area (Å²) >= 11 is 0. The van der Waals surface area contributed by atoms with Crippen LogP contribution in [0.5, 0.6) is 0 Å². The zero-order chi connectivity index (χ0) is 13.9. The minimum atomic E-state index is 0.371. The molecule has 6 heteroatoms. The molecule has 1 aromatic rings. The van der Waals surface area contributed by atoms with Crippen molar-refractivity contribution in [3.05, 3.63) is 18.1 Å². The van der Waals surface area contributed by atoms with Gasteiger partial charge in [-0.15, -0.1) is 0 Å². The SMILES string of the molecule is CCC/N=C(/N)Nc1ccnc(CCCCC#N)n1. The van der Waals surface area contributed by atoms with Crippen LogP contribution in [0.3, 0.4) is 0 Å². The van der Waals surface area contributed by atoms with E-state index >= 15 is 0 Å². The number of hydrogen-bond donors (Lipinski definition) is 2. The van der Waals surface area contributed by atoms with Crippen LogP contribution in [0, 0.1) is 11.3 Å². The van der Waals surface area contributed by atoms with Crippen LogP contribution in [0.2, 0.25) is 0 Å². The predicted octanol–water partition coefficient (Wildman–Crippen LogP) is 1.85. The van der Waals surface area contributed by atoms with Crippen LogP contribution in [-0.4, -0.2) is 22.5 Å². The summed E-state index contributed by atoms with van der Waals surface area (Å²) in [5.74, 6) is 1.78. The van der Waals surface area contributed by atoms with Crippen molar-refractivity contribution in [1.82, 2.24) is 9.97 Å². The van der Waals surface area contributed by atoms with Crippen LogP contribution < -0.4 is 11.1 Å². The maximum absolute atomic E-state index is 8.46. The summed E-state index contributed by atoms with van der Waals surface area (Å²) in [5, 5.41) is 11.4. The molecule has 0 fully saturated rings. The van der Waals surface area contributed by atoms with E-state index in [0.29, 0.717) is 24.7 Å². The number of nitrogens with zero attached hydrogens (tertiary/aromatic N) is 4. The van der Waals surface area contributed by atoms with Gasteiger partial charge in [-0.05, 0) is 25.3 Å². The third-order valence-corrected chi connectivity index (χ3v) is 2.41. The second-order valence-electron chi connectivity index (χ2n) is 4.12. The number of unbranched alkanes of at least 4 members (excludes halogenated alkanes) is 2. The molecule has 0 atom stereocenters. The van der Waals surface area contributed by atoms with Gasteiger partial charge in [-0.2, -0.15) is 5.26 Å². The molecule has 0 aliphatic carbocycles. The largest absolute Gasteiger partial charge is 0.370 e. The van der Waals surface area contributed by atoms with E-state index in [1.165, 1.54) is 0 Å². The molecule has 0 radical (unpaired) electrons. The van der Waals surface area contributed by atoms with Crippen molar-refractivity contribution in [1.29, 1.82) is 5.26 Å². The van der Waals surface area contributed by atoms with Crippen LogP contribution in [0.15, 0.2) is 17.3 Å². The van der Waals surface area contributed by atoms with Gasteiger partial charge in [0, 0.05) is 25.6 Å². The third-order valence-electron chi connectivity index (χ3n) is 2.41. The van der Waals surface area contributed by atoms with E-state index in [-0.39, 0.29) is 0 Å². The van der Waals surface area contributed by atoms with Crippen molar-refractivity contribution < 1.29 is 0 Å². The molecule has 0 spiro atoms. The average Bonchev–Trinajstić information content (AvgIpc) is 2.42. The maximum atomic E-state index is 8.46. The number of aliphatic imine (C=N–C) groups is 1. The maximum Gasteiger partial charge on any atom is 0.194 e. The Balaban J connectivity index is 2.50. The van der Waals surface area contributed by atoms with E-state index in [1.807, 2.05) is 6.92 Å².